The maximum Gasteiger partial charge on any atom is 0.325 e. The molecule has 0 saturated carbocycles. The van der Waals surface area contributed by atoms with Gasteiger partial charge in [0, 0.05) is 5.56 Å². The lowest BCUT2D eigenvalue weighted by Gasteiger charge is -2.15. The van der Waals surface area contributed by atoms with Crippen LogP contribution in [0.5, 0.6) is 0 Å². The molecule has 22 heavy (non-hydrogen) atoms. The van der Waals surface area contributed by atoms with Crippen molar-refractivity contribution < 1.29 is 4.74 Å². The Bertz CT molecular complexity index is 717. The van der Waals surface area contributed by atoms with Crippen LogP contribution in [-0.4, -0.2) is 16.1 Å². The minimum atomic E-state index is -0.497. The monoisotopic (exact) mass is 302 g/mol. The zero-order valence-electron chi connectivity index (χ0n) is 13.2. The summed E-state index contributed by atoms with van der Waals surface area (Å²) in [5.74, 6) is 0.0172. The van der Waals surface area contributed by atoms with Crippen LogP contribution in [0.2, 0.25) is 0 Å². The largest absolute Gasteiger partial charge is 0.372 e. The van der Waals surface area contributed by atoms with Gasteiger partial charge in [-0.2, -0.15) is 0 Å². The van der Waals surface area contributed by atoms with Gasteiger partial charge in [-0.3, -0.25) is 9.78 Å². The molecule has 1 heterocycles. The van der Waals surface area contributed by atoms with Crippen LogP contribution in [0, 0.1) is 0 Å². The van der Waals surface area contributed by atoms with Crippen LogP contribution in [0.1, 0.15) is 43.5 Å². The van der Waals surface area contributed by atoms with Crippen molar-refractivity contribution in [3.63, 3.8) is 0 Å². The summed E-state index contributed by atoms with van der Waals surface area (Å²) in [4.78, 5) is 28.3. The first-order chi connectivity index (χ1) is 10.5. The van der Waals surface area contributed by atoms with Crippen molar-refractivity contribution in [3.8, 4) is 0 Å². The van der Waals surface area contributed by atoms with Crippen molar-refractivity contribution in [2.24, 2.45) is 0 Å². The van der Waals surface area contributed by atoms with Gasteiger partial charge in [0.25, 0.3) is 5.56 Å². The summed E-state index contributed by atoms with van der Waals surface area (Å²) in [7, 11) is 0. The topological polar surface area (TPSA) is 75.0 Å². The third-order valence-corrected chi connectivity index (χ3v) is 3.52. The molecule has 2 N–H and O–H groups in total. The van der Waals surface area contributed by atoms with E-state index in [0.29, 0.717) is 11.3 Å². The predicted molar refractivity (Wildman–Crippen MR) is 86.2 cm³/mol. The molecule has 0 spiro atoms. The van der Waals surface area contributed by atoms with Crippen LogP contribution >= 0.6 is 0 Å². The first-order valence-electron chi connectivity index (χ1n) is 7.48. The third-order valence-electron chi connectivity index (χ3n) is 3.52. The van der Waals surface area contributed by atoms with E-state index in [-0.39, 0.29) is 24.2 Å². The third kappa shape index (κ3) is 4.18. The second-order valence-corrected chi connectivity index (χ2v) is 5.77. The summed E-state index contributed by atoms with van der Waals surface area (Å²) in [6.07, 6.45) is 0.774. The number of rotatable bonds is 6. The van der Waals surface area contributed by atoms with Gasteiger partial charge in [-0.05, 0) is 24.8 Å². The Morgan fingerprint density at radius 1 is 1.05 bits per heavy atom. The molecule has 0 saturated heterocycles. The molecule has 1 atom stereocenters. The Morgan fingerprint density at radius 2 is 1.73 bits per heavy atom. The van der Waals surface area contributed by atoms with Gasteiger partial charge in [-0.25, -0.2) is 4.79 Å². The van der Waals surface area contributed by atoms with Gasteiger partial charge in [0.1, 0.15) is 0 Å². The van der Waals surface area contributed by atoms with Crippen molar-refractivity contribution in [3.05, 3.63) is 68.0 Å². The molecule has 0 bridgehead atoms. The molecule has 1 aromatic carbocycles. The highest BCUT2D eigenvalue weighted by atomic mass is 16.5. The quantitative estimate of drug-likeness (QED) is 0.860. The van der Waals surface area contributed by atoms with Crippen LogP contribution in [-0.2, 0) is 17.8 Å². The van der Waals surface area contributed by atoms with E-state index in [2.05, 4.69) is 22.1 Å². The van der Waals surface area contributed by atoms with E-state index >= 15 is 0 Å². The van der Waals surface area contributed by atoms with Crippen LogP contribution < -0.4 is 11.2 Å². The van der Waals surface area contributed by atoms with E-state index < -0.39 is 5.69 Å². The number of aromatic nitrogens is 2. The number of ether oxygens (including phenoxy) is 1. The Balaban J connectivity index is 2.08. The Hall–Kier alpha value is -2.14. The van der Waals surface area contributed by atoms with Crippen LogP contribution in [0.3, 0.4) is 0 Å². The lowest BCUT2D eigenvalue weighted by atomic mass is 10.0. The zero-order chi connectivity index (χ0) is 16.1. The highest BCUT2D eigenvalue weighted by Crippen LogP contribution is 2.14. The lowest BCUT2D eigenvalue weighted by Crippen LogP contribution is -2.29. The summed E-state index contributed by atoms with van der Waals surface area (Å²) in [6, 6.07) is 10.1. The highest BCUT2D eigenvalue weighted by molar-refractivity contribution is 5.19. The Kier molecular flexibility index (Phi) is 5.33. The van der Waals surface area contributed by atoms with Crippen LogP contribution in [0.25, 0.3) is 0 Å². The van der Waals surface area contributed by atoms with Crippen molar-refractivity contribution in [2.75, 3.05) is 0 Å². The molecule has 0 amide bonds. The average molecular weight is 302 g/mol. The zero-order valence-corrected chi connectivity index (χ0v) is 13.2. The maximum atomic E-state index is 11.9. The van der Waals surface area contributed by atoms with E-state index in [0.717, 1.165) is 6.42 Å². The number of hydrogen-bond acceptors (Lipinski definition) is 3. The molecule has 0 aliphatic rings. The first kappa shape index (κ1) is 16.2. The second kappa shape index (κ2) is 7.22. The number of nitrogens with one attached hydrogen (secondary N) is 2. The molecule has 2 rings (SSSR count). The van der Waals surface area contributed by atoms with Crippen molar-refractivity contribution >= 4 is 0 Å². The van der Waals surface area contributed by atoms with Gasteiger partial charge >= 0.3 is 5.69 Å². The standard InChI is InChI=1S/C17H22N2O3/c1-11(2)15-14(18-17(21)19-16(15)20)10-22-12(3)9-13-7-5-4-6-8-13/h4-8,11-12H,9-10H2,1-3H3,(H2,18,19,20,21). The average Bonchev–Trinajstić information content (AvgIpc) is 2.45. The van der Waals surface area contributed by atoms with Crippen molar-refractivity contribution in [1.82, 2.24) is 9.97 Å². The van der Waals surface area contributed by atoms with Crippen molar-refractivity contribution in [2.45, 2.75) is 45.8 Å². The molecule has 1 aromatic heterocycles. The fraction of sp³-hybridized carbons (Fsp3) is 0.412. The number of aromatic amines is 2. The van der Waals surface area contributed by atoms with E-state index in [4.69, 9.17) is 4.74 Å². The molecular formula is C17H22N2O3. The number of benzene rings is 1. The molecule has 118 valence electrons. The number of hydrogen-bond donors (Lipinski definition) is 2. The van der Waals surface area contributed by atoms with Crippen LogP contribution in [0.15, 0.2) is 39.9 Å². The van der Waals surface area contributed by atoms with Gasteiger partial charge < -0.3 is 9.72 Å². The van der Waals surface area contributed by atoms with Crippen LogP contribution in [0.4, 0.5) is 0 Å². The van der Waals surface area contributed by atoms with Gasteiger partial charge in [-0.15, -0.1) is 0 Å². The smallest absolute Gasteiger partial charge is 0.325 e. The summed E-state index contributed by atoms with van der Waals surface area (Å²) in [6.45, 7) is 6.04. The fourth-order valence-corrected chi connectivity index (χ4v) is 2.50. The second-order valence-electron chi connectivity index (χ2n) is 5.77. The van der Waals surface area contributed by atoms with E-state index in [9.17, 15) is 9.59 Å². The molecule has 5 heteroatoms. The Labute approximate surface area is 129 Å². The molecule has 0 aliphatic carbocycles. The Morgan fingerprint density at radius 3 is 2.36 bits per heavy atom. The minimum Gasteiger partial charge on any atom is -0.372 e. The lowest BCUT2D eigenvalue weighted by molar-refractivity contribution is 0.0507. The number of H-pyrrole nitrogens is 2. The summed E-state index contributed by atoms with van der Waals surface area (Å²) < 4.78 is 5.81. The molecule has 5 nitrogen and oxygen atoms in total. The van der Waals surface area contributed by atoms with E-state index in [1.54, 1.807) is 0 Å². The van der Waals surface area contributed by atoms with Crippen molar-refractivity contribution in [1.29, 1.82) is 0 Å². The van der Waals surface area contributed by atoms with E-state index in [1.165, 1.54) is 5.56 Å². The summed E-state index contributed by atoms with van der Waals surface area (Å²) >= 11 is 0. The molecule has 0 radical (unpaired) electrons. The molecule has 0 aliphatic heterocycles. The predicted octanol–water partition coefficient (Wildman–Crippen LogP) is 2.33. The SMILES string of the molecule is CC(Cc1ccccc1)OCc1[nH]c(=O)[nH]c(=O)c1C(C)C. The summed E-state index contributed by atoms with van der Waals surface area (Å²) in [5, 5.41) is 0. The fourth-order valence-electron chi connectivity index (χ4n) is 2.50. The van der Waals surface area contributed by atoms with Gasteiger partial charge in [0.05, 0.1) is 18.4 Å². The van der Waals surface area contributed by atoms with Gasteiger partial charge in [0.15, 0.2) is 0 Å². The molecular weight excluding hydrogens is 280 g/mol. The molecule has 0 fully saturated rings. The highest BCUT2D eigenvalue weighted by Gasteiger charge is 2.14. The van der Waals surface area contributed by atoms with Gasteiger partial charge in [-0.1, -0.05) is 44.2 Å². The first-order valence-corrected chi connectivity index (χ1v) is 7.48. The molecule has 1 unspecified atom stereocenters. The molecule has 2 aromatic rings. The normalized spacial score (nSPS) is 12.5. The maximum absolute atomic E-state index is 11.9. The summed E-state index contributed by atoms with van der Waals surface area (Å²) in [5.41, 5.74) is 1.49. The van der Waals surface area contributed by atoms with Gasteiger partial charge in [0.2, 0.25) is 0 Å². The minimum absolute atomic E-state index is 0.00907. The van der Waals surface area contributed by atoms with E-state index in [1.807, 2.05) is 39.0 Å².